The number of carbonyl (C=O) groups is 3. The van der Waals surface area contributed by atoms with Crippen molar-refractivity contribution in [3.8, 4) is 0 Å². The van der Waals surface area contributed by atoms with Crippen LogP contribution < -0.4 is 5.32 Å². The van der Waals surface area contributed by atoms with Crippen molar-refractivity contribution in [1.29, 1.82) is 0 Å². The molecule has 152 valence electrons. The summed E-state index contributed by atoms with van der Waals surface area (Å²) in [4.78, 5) is 46.5. The first-order chi connectivity index (χ1) is 13.7. The zero-order chi connectivity index (χ0) is 21.6. The Morgan fingerprint density at radius 3 is 2.38 bits per heavy atom. The molecule has 29 heavy (non-hydrogen) atoms. The normalized spacial score (nSPS) is 11.4. The number of aryl methyl sites for hydroxylation is 2. The molecule has 8 heteroatoms. The van der Waals surface area contributed by atoms with Crippen molar-refractivity contribution in [3.05, 3.63) is 74.8 Å². The van der Waals surface area contributed by atoms with E-state index in [2.05, 4.69) is 5.32 Å². The fourth-order valence-electron chi connectivity index (χ4n) is 2.64. The highest BCUT2D eigenvalue weighted by molar-refractivity contribution is 6.01. The number of rotatable bonds is 8. The second kappa shape index (κ2) is 9.59. The Morgan fingerprint density at radius 1 is 1.10 bits per heavy atom. The summed E-state index contributed by atoms with van der Waals surface area (Å²) >= 11 is 0. The third-order valence-corrected chi connectivity index (χ3v) is 4.29. The van der Waals surface area contributed by atoms with Crippen LogP contribution in [0.1, 0.15) is 45.2 Å². The van der Waals surface area contributed by atoms with E-state index in [9.17, 15) is 24.5 Å². The van der Waals surface area contributed by atoms with E-state index in [0.717, 1.165) is 11.1 Å². The zero-order valence-electron chi connectivity index (χ0n) is 16.4. The predicted molar refractivity (Wildman–Crippen MR) is 106 cm³/mol. The molecule has 2 aromatic rings. The molecule has 2 rings (SSSR count). The van der Waals surface area contributed by atoms with E-state index >= 15 is 0 Å². The maximum absolute atomic E-state index is 12.5. The van der Waals surface area contributed by atoms with Gasteiger partial charge in [-0.2, -0.15) is 0 Å². The molecule has 8 nitrogen and oxygen atoms in total. The smallest absolute Gasteiger partial charge is 0.308 e. The summed E-state index contributed by atoms with van der Waals surface area (Å²) in [6.45, 7) is 5.21. The van der Waals surface area contributed by atoms with Crippen LogP contribution in [0.15, 0.2) is 42.5 Å². The molecule has 1 atom stereocenters. The molecule has 1 amide bonds. The Kier molecular flexibility index (Phi) is 7.19. The van der Waals surface area contributed by atoms with Crippen LogP contribution in [0.2, 0.25) is 0 Å². The van der Waals surface area contributed by atoms with E-state index in [4.69, 9.17) is 4.74 Å². The van der Waals surface area contributed by atoms with Gasteiger partial charge < -0.3 is 10.1 Å². The highest BCUT2D eigenvalue weighted by atomic mass is 16.6. The fraction of sp³-hybridized carbons (Fsp3) is 0.286. The van der Waals surface area contributed by atoms with Gasteiger partial charge in [0.15, 0.2) is 6.10 Å². The molecule has 0 radical (unpaired) electrons. The molecule has 0 bridgehead atoms. The van der Waals surface area contributed by atoms with Crippen LogP contribution in [0.4, 0.5) is 5.69 Å². The van der Waals surface area contributed by atoms with Crippen LogP contribution in [0.5, 0.6) is 0 Å². The highest BCUT2D eigenvalue weighted by Gasteiger charge is 2.21. The minimum absolute atomic E-state index is 0.0129. The minimum atomic E-state index is -0.937. The van der Waals surface area contributed by atoms with Gasteiger partial charge in [0.25, 0.3) is 11.6 Å². The molecule has 1 N–H and O–H groups in total. The summed E-state index contributed by atoms with van der Waals surface area (Å²) < 4.78 is 5.18. The Bertz CT molecular complexity index is 937. The van der Waals surface area contributed by atoms with E-state index in [1.165, 1.54) is 31.2 Å². The molecule has 0 unspecified atom stereocenters. The fourth-order valence-corrected chi connectivity index (χ4v) is 2.64. The first kappa shape index (κ1) is 21.7. The summed E-state index contributed by atoms with van der Waals surface area (Å²) in [5.74, 6) is -1.36. The van der Waals surface area contributed by atoms with Crippen LogP contribution in [-0.4, -0.2) is 35.2 Å². The average Bonchev–Trinajstić information content (AvgIpc) is 2.69. The van der Waals surface area contributed by atoms with Crippen LogP contribution in [0.25, 0.3) is 0 Å². The van der Waals surface area contributed by atoms with Gasteiger partial charge in [0.2, 0.25) is 5.78 Å². The predicted octanol–water partition coefficient (Wildman–Crippen LogP) is 3.15. The molecule has 2 aromatic carbocycles. The van der Waals surface area contributed by atoms with Crippen molar-refractivity contribution in [2.75, 3.05) is 6.54 Å². The van der Waals surface area contributed by atoms with Gasteiger partial charge in [0, 0.05) is 29.8 Å². The Hall–Kier alpha value is -3.55. The molecule has 0 spiro atoms. The number of Topliss-reactive ketones (excluding diaryl/α,β-unsaturated/α-hetero) is 1. The SMILES string of the molecule is Cc1ccc(C)c(C(=O)[C@@H](C)OC(=O)CCNC(=O)c2ccc([N+](=O)[O-])cc2)c1. The number of benzene rings is 2. The highest BCUT2D eigenvalue weighted by Crippen LogP contribution is 2.15. The number of nitro groups is 1. The Morgan fingerprint density at radius 2 is 1.76 bits per heavy atom. The molecule has 0 aliphatic rings. The minimum Gasteiger partial charge on any atom is -0.454 e. The lowest BCUT2D eigenvalue weighted by Crippen LogP contribution is -2.29. The zero-order valence-corrected chi connectivity index (χ0v) is 16.4. The van der Waals surface area contributed by atoms with Gasteiger partial charge in [-0.05, 0) is 44.5 Å². The summed E-state index contributed by atoms with van der Waals surface area (Å²) in [5.41, 5.74) is 2.37. The van der Waals surface area contributed by atoms with E-state index in [1.807, 2.05) is 26.0 Å². The molecular weight excluding hydrogens is 376 g/mol. The van der Waals surface area contributed by atoms with Crippen LogP contribution in [0.3, 0.4) is 0 Å². The maximum atomic E-state index is 12.5. The molecule has 0 saturated carbocycles. The van der Waals surface area contributed by atoms with Crippen LogP contribution >= 0.6 is 0 Å². The standard InChI is InChI=1S/C21H22N2O6/c1-13-4-5-14(2)18(12-13)20(25)15(3)29-19(24)10-11-22-21(26)16-6-8-17(9-7-16)23(27)28/h4-9,12,15H,10-11H2,1-3H3,(H,22,26)/t15-/m1/s1. The number of nitrogens with zero attached hydrogens (tertiary/aromatic N) is 1. The maximum Gasteiger partial charge on any atom is 0.308 e. The van der Waals surface area contributed by atoms with Gasteiger partial charge in [-0.3, -0.25) is 24.5 Å². The number of non-ortho nitro benzene ring substituents is 1. The number of ether oxygens (including phenoxy) is 1. The van der Waals surface area contributed by atoms with Crippen LogP contribution in [-0.2, 0) is 9.53 Å². The number of hydrogen-bond acceptors (Lipinski definition) is 6. The molecule has 0 aliphatic heterocycles. The summed E-state index contributed by atoms with van der Waals surface area (Å²) in [6, 6.07) is 10.6. The quantitative estimate of drug-likeness (QED) is 0.316. The van der Waals surface area contributed by atoms with E-state index in [0.29, 0.717) is 5.56 Å². The number of esters is 1. The Balaban J connectivity index is 1.83. The lowest BCUT2D eigenvalue weighted by molar-refractivity contribution is -0.384. The van der Waals surface area contributed by atoms with Gasteiger partial charge in [0.1, 0.15) is 0 Å². The van der Waals surface area contributed by atoms with Crippen molar-refractivity contribution >= 4 is 23.3 Å². The van der Waals surface area contributed by atoms with Crippen molar-refractivity contribution in [2.45, 2.75) is 33.3 Å². The van der Waals surface area contributed by atoms with Gasteiger partial charge in [-0.1, -0.05) is 17.7 Å². The third-order valence-electron chi connectivity index (χ3n) is 4.29. The number of amides is 1. The van der Waals surface area contributed by atoms with E-state index < -0.39 is 22.9 Å². The summed E-state index contributed by atoms with van der Waals surface area (Å²) in [7, 11) is 0. The number of nitro benzene ring substituents is 1. The number of nitrogens with one attached hydrogen (secondary N) is 1. The lowest BCUT2D eigenvalue weighted by Gasteiger charge is -2.14. The van der Waals surface area contributed by atoms with Gasteiger partial charge >= 0.3 is 5.97 Å². The van der Waals surface area contributed by atoms with Gasteiger partial charge in [-0.15, -0.1) is 0 Å². The van der Waals surface area contributed by atoms with Crippen molar-refractivity contribution < 1.29 is 24.0 Å². The first-order valence-electron chi connectivity index (χ1n) is 9.02. The topological polar surface area (TPSA) is 116 Å². The molecule has 0 aliphatic carbocycles. The summed E-state index contributed by atoms with van der Waals surface area (Å²) in [5, 5.41) is 13.2. The second-order valence-electron chi connectivity index (χ2n) is 6.62. The van der Waals surface area contributed by atoms with Gasteiger partial charge in [-0.25, -0.2) is 0 Å². The average molecular weight is 398 g/mol. The van der Waals surface area contributed by atoms with Crippen molar-refractivity contribution in [3.63, 3.8) is 0 Å². The van der Waals surface area contributed by atoms with Crippen LogP contribution in [0, 0.1) is 24.0 Å². The molecule has 0 heterocycles. The number of ketones is 1. The van der Waals surface area contributed by atoms with E-state index in [1.54, 1.807) is 6.07 Å². The summed E-state index contributed by atoms with van der Waals surface area (Å²) in [6.07, 6.45) is -1.04. The molecule has 0 aromatic heterocycles. The van der Waals surface area contributed by atoms with Crippen molar-refractivity contribution in [2.24, 2.45) is 0 Å². The van der Waals surface area contributed by atoms with E-state index in [-0.39, 0.29) is 30.0 Å². The first-order valence-corrected chi connectivity index (χ1v) is 9.02. The molecule has 0 fully saturated rings. The lowest BCUT2D eigenvalue weighted by atomic mass is 9.99. The van der Waals surface area contributed by atoms with Crippen molar-refractivity contribution in [1.82, 2.24) is 5.32 Å². The van der Waals surface area contributed by atoms with Gasteiger partial charge in [0.05, 0.1) is 11.3 Å². The monoisotopic (exact) mass is 398 g/mol. The second-order valence-corrected chi connectivity index (χ2v) is 6.62. The number of carbonyl (C=O) groups excluding carboxylic acids is 3. The third kappa shape index (κ3) is 5.97. The largest absolute Gasteiger partial charge is 0.454 e. The Labute approximate surface area is 168 Å². The number of hydrogen-bond donors (Lipinski definition) is 1. The molecule has 0 saturated heterocycles. The molecular formula is C21H22N2O6.